The monoisotopic (exact) mass is 385 g/mol. The zero-order valence-electron chi connectivity index (χ0n) is 12.9. The van der Waals surface area contributed by atoms with Crippen LogP contribution in [0.15, 0.2) is 75.8 Å². The van der Waals surface area contributed by atoms with Gasteiger partial charge in [-0.15, -0.1) is 0 Å². The third kappa shape index (κ3) is 3.86. The van der Waals surface area contributed by atoms with E-state index in [0.29, 0.717) is 30.0 Å². The fraction of sp³-hybridized carbons (Fsp3) is 0.105. The van der Waals surface area contributed by atoms with Gasteiger partial charge in [-0.3, -0.25) is 4.79 Å². The number of benzene rings is 2. The van der Waals surface area contributed by atoms with E-state index in [2.05, 4.69) is 15.9 Å². The Balaban J connectivity index is 1.87. The summed E-state index contributed by atoms with van der Waals surface area (Å²) in [5.41, 5.74) is 1.27. The molecular weight excluding hydrogens is 370 g/mol. The van der Waals surface area contributed by atoms with E-state index in [-0.39, 0.29) is 11.7 Å². The molecule has 1 aromatic heterocycles. The minimum Gasteiger partial charge on any atom is -0.508 e. The van der Waals surface area contributed by atoms with Gasteiger partial charge in [0.2, 0.25) is 0 Å². The zero-order valence-corrected chi connectivity index (χ0v) is 14.4. The lowest BCUT2D eigenvalue weighted by Gasteiger charge is -2.22. The molecule has 5 heteroatoms. The lowest BCUT2D eigenvalue weighted by atomic mass is 10.1. The maximum Gasteiger partial charge on any atom is 0.254 e. The number of carbonyl (C=O) groups is 1. The first-order valence-corrected chi connectivity index (χ1v) is 8.27. The van der Waals surface area contributed by atoms with Crippen molar-refractivity contribution in [2.45, 2.75) is 13.1 Å². The van der Waals surface area contributed by atoms with Crippen molar-refractivity contribution in [2.75, 3.05) is 0 Å². The average Bonchev–Trinajstić information content (AvgIpc) is 3.09. The molecule has 1 N–H and O–H groups in total. The lowest BCUT2D eigenvalue weighted by Crippen LogP contribution is -2.30. The second kappa shape index (κ2) is 7.36. The van der Waals surface area contributed by atoms with Crippen LogP contribution in [0, 0.1) is 0 Å². The summed E-state index contributed by atoms with van der Waals surface area (Å²) in [5, 5.41) is 10.0. The minimum absolute atomic E-state index is 0.123. The Kier molecular flexibility index (Phi) is 5.01. The number of rotatable bonds is 5. The van der Waals surface area contributed by atoms with E-state index in [1.165, 1.54) is 0 Å². The summed E-state index contributed by atoms with van der Waals surface area (Å²) >= 11 is 3.37. The van der Waals surface area contributed by atoms with Crippen molar-refractivity contribution in [1.29, 1.82) is 0 Å². The van der Waals surface area contributed by atoms with E-state index >= 15 is 0 Å². The second-order valence-electron chi connectivity index (χ2n) is 5.38. The van der Waals surface area contributed by atoms with Crippen LogP contribution >= 0.6 is 15.9 Å². The van der Waals surface area contributed by atoms with Crippen molar-refractivity contribution in [3.63, 3.8) is 0 Å². The van der Waals surface area contributed by atoms with Crippen molar-refractivity contribution in [3.8, 4) is 5.75 Å². The molecule has 24 heavy (non-hydrogen) atoms. The van der Waals surface area contributed by atoms with Gasteiger partial charge in [-0.1, -0.05) is 34.1 Å². The quantitative estimate of drug-likeness (QED) is 0.698. The van der Waals surface area contributed by atoms with Crippen LogP contribution in [-0.4, -0.2) is 15.9 Å². The maximum absolute atomic E-state index is 12.9. The zero-order chi connectivity index (χ0) is 16.9. The molecule has 0 saturated heterocycles. The van der Waals surface area contributed by atoms with Gasteiger partial charge in [0.05, 0.1) is 19.4 Å². The van der Waals surface area contributed by atoms with Crippen LogP contribution in [0.2, 0.25) is 0 Å². The van der Waals surface area contributed by atoms with E-state index in [9.17, 15) is 9.90 Å². The molecule has 0 unspecified atom stereocenters. The molecule has 0 atom stereocenters. The van der Waals surface area contributed by atoms with Crippen LogP contribution in [0.25, 0.3) is 0 Å². The molecule has 4 nitrogen and oxygen atoms in total. The van der Waals surface area contributed by atoms with Crippen LogP contribution in [0.4, 0.5) is 0 Å². The molecule has 0 saturated carbocycles. The first-order chi connectivity index (χ1) is 11.6. The number of hydrogen-bond donors (Lipinski definition) is 1. The third-order valence-corrected chi connectivity index (χ3v) is 4.19. The van der Waals surface area contributed by atoms with Gasteiger partial charge in [0.1, 0.15) is 11.5 Å². The smallest absolute Gasteiger partial charge is 0.254 e. The summed E-state index contributed by atoms with van der Waals surface area (Å²) < 4.78 is 6.29. The average molecular weight is 386 g/mol. The Bertz CT molecular complexity index is 813. The number of furan rings is 1. The number of hydrogen-bond acceptors (Lipinski definition) is 3. The molecular formula is C19H16BrNO3. The highest BCUT2D eigenvalue weighted by atomic mass is 79.9. The molecule has 0 spiro atoms. The minimum atomic E-state index is -0.123. The van der Waals surface area contributed by atoms with Crippen molar-refractivity contribution >= 4 is 21.8 Å². The van der Waals surface area contributed by atoms with Gasteiger partial charge in [0.25, 0.3) is 5.91 Å². The molecule has 1 heterocycles. The fourth-order valence-corrected chi connectivity index (χ4v) is 2.68. The van der Waals surface area contributed by atoms with Gasteiger partial charge in [-0.25, -0.2) is 0 Å². The van der Waals surface area contributed by atoms with Gasteiger partial charge < -0.3 is 14.4 Å². The van der Waals surface area contributed by atoms with E-state index in [1.807, 2.05) is 24.3 Å². The Morgan fingerprint density at radius 2 is 1.75 bits per heavy atom. The second-order valence-corrected chi connectivity index (χ2v) is 6.29. The van der Waals surface area contributed by atoms with Crippen molar-refractivity contribution in [3.05, 3.63) is 88.3 Å². The maximum atomic E-state index is 12.9. The van der Waals surface area contributed by atoms with Gasteiger partial charge in [-0.05, 0) is 42.5 Å². The number of carbonyl (C=O) groups excluding carboxylic acids is 1. The Hall–Kier alpha value is -2.53. The van der Waals surface area contributed by atoms with Crippen LogP contribution < -0.4 is 0 Å². The number of aromatic hydroxyl groups is 1. The van der Waals surface area contributed by atoms with Crippen LogP contribution in [0.1, 0.15) is 21.7 Å². The summed E-state index contributed by atoms with van der Waals surface area (Å²) in [5.74, 6) is 0.739. The highest BCUT2D eigenvalue weighted by Crippen LogP contribution is 2.21. The number of phenolic OH excluding ortho intramolecular Hbond substituents is 1. The van der Waals surface area contributed by atoms with E-state index < -0.39 is 0 Å². The lowest BCUT2D eigenvalue weighted by molar-refractivity contribution is 0.0716. The first-order valence-electron chi connectivity index (χ1n) is 7.47. The third-order valence-electron chi connectivity index (χ3n) is 3.66. The number of nitrogens with zero attached hydrogens (tertiary/aromatic N) is 1. The number of para-hydroxylation sites is 1. The highest BCUT2D eigenvalue weighted by molar-refractivity contribution is 9.10. The predicted octanol–water partition coefficient (Wildman–Crippen LogP) is 4.59. The van der Waals surface area contributed by atoms with Crippen LogP contribution in [0.3, 0.4) is 0 Å². The molecule has 0 aliphatic carbocycles. The molecule has 3 aromatic rings. The summed E-state index contributed by atoms with van der Waals surface area (Å²) in [4.78, 5) is 14.5. The Morgan fingerprint density at radius 1 is 1.00 bits per heavy atom. The van der Waals surface area contributed by atoms with E-state index in [4.69, 9.17) is 4.42 Å². The van der Waals surface area contributed by atoms with E-state index in [0.717, 1.165) is 4.47 Å². The van der Waals surface area contributed by atoms with Gasteiger partial charge >= 0.3 is 0 Å². The summed E-state index contributed by atoms with van der Waals surface area (Å²) in [7, 11) is 0. The Labute approximate surface area is 148 Å². The molecule has 122 valence electrons. The number of amides is 1. The normalized spacial score (nSPS) is 10.5. The molecule has 0 aliphatic rings. The molecule has 3 rings (SSSR count). The SMILES string of the molecule is O=C(c1ccc(Br)cc1)N(Cc1ccco1)Cc1ccccc1O. The molecule has 2 aromatic carbocycles. The van der Waals surface area contributed by atoms with Crippen LogP contribution in [0.5, 0.6) is 5.75 Å². The Morgan fingerprint density at radius 3 is 2.42 bits per heavy atom. The fourth-order valence-electron chi connectivity index (χ4n) is 2.42. The summed E-state index contributed by atoms with van der Waals surface area (Å²) in [6.45, 7) is 0.624. The molecule has 0 fully saturated rings. The summed E-state index contributed by atoms with van der Waals surface area (Å²) in [6, 6.07) is 17.8. The standard InChI is InChI=1S/C19H16BrNO3/c20-16-9-7-14(8-10-16)19(23)21(13-17-5-3-11-24-17)12-15-4-1-2-6-18(15)22/h1-11,22H,12-13H2. The van der Waals surface area contributed by atoms with E-state index in [1.54, 1.807) is 47.6 Å². The van der Waals surface area contributed by atoms with Gasteiger partial charge in [-0.2, -0.15) is 0 Å². The highest BCUT2D eigenvalue weighted by Gasteiger charge is 2.19. The molecule has 0 bridgehead atoms. The number of halogens is 1. The van der Waals surface area contributed by atoms with Crippen molar-refractivity contribution in [1.82, 2.24) is 4.90 Å². The summed E-state index contributed by atoms with van der Waals surface area (Å²) in [6.07, 6.45) is 1.58. The van der Waals surface area contributed by atoms with Crippen molar-refractivity contribution in [2.24, 2.45) is 0 Å². The first kappa shape index (κ1) is 16.3. The molecule has 0 aliphatic heterocycles. The molecule has 0 radical (unpaired) electrons. The molecule has 1 amide bonds. The topological polar surface area (TPSA) is 53.7 Å². The van der Waals surface area contributed by atoms with Gasteiger partial charge in [0, 0.05) is 15.6 Å². The largest absolute Gasteiger partial charge is 0.508 e. The van der Waals surface area contributed by atoms with Crippen LogP contribution in [-0.2, 0) is 13.1 Å². The predicted molar refractivity (Wildman–Crippen MR) is 94.5 cm³/mol. The number of phenols is 1. The van der Waals surface area contributed by atoms with Gasteiger partial charge in [0.15, 0.2) is 0 Å². The van der Waals surface area contributed by atoms with Crippen molar-refractivity contribution < 1.29 is 14.3 Å².